The van der Waals surface area contributed by atoms with Crippen LogP contribution in [0.2, 0.25) is 0 Å². The molecule has 0 saturated carbocycles. The molecule has 250 valence electrons. The van der Waals surface area contributed by atoms with Gasteiger partial charge >= 0.3 is 18.3 Å². The smallest absolute Gasteiger partial charge is 0.416 e. The zero-order valence-corrected chi connectivity index (χ0v) is 25.8. The van der Waals surface area contributed by atoms with E-state index in [1.807, 2.05) is 18.7 Å². The van der Waals surface area contributed by atoms with Crippen molar-refractivity contribution in [2.75, 3.05) is 40.5 Å². The molecule has 3 aromatic rings. The molecule has 0 aliphatic heterocycles. The molecule has 2 aromatic carbocycles. The van der Waals surface area contributed by atoms with E-state index >= 15 is 0 Å². The lowest BCUT2D eigenvalue weighted by Crippen LogP contribution is -2.35. The number of alkyl halides is 6. The molecule has 9 nitrogen and oxygen atoms in total. The fraction of sp³-hybridized carbons (Fsp3) is 0.419. The van der Waals surface area contributed by atoms with E-state index in [9.17, 15) is 35.9 Å². The zero-order chi connectivity index (χ0) is 34.2. The van der Waals surface area contributed by atoms with Crippen LogP contribution < -0.4 is 9.47 Å². The first-order valence-corrected chi connectivity index (χ1v) is 14.2. The molecule has 0 fully saturated rings. The normalized spacial score (nSPS) is 12.5. The van der Waals surface area contributed by atoms with Gasteiger partial charge in [-0.2, -0.15) is 26.3 Å². The fourth-order valence-electron chi connectivity index (χ4n) is 4.63. The Morgan fingerprint density at radius 3 is 2.02 bits per heavy atom. The van der Waals surface area contributed by atoms with Crippen molar-refractivity contribution in [1.82, 2.24) is 19.8 Å². The average Bonchev–Trinajstić information content (AvgIpc) is 3.03. The molecule has 0 bridgehead atoms. The minimum absolute atomic E-state index is 0.0149. The lowest BCUT2D eigenvalue weighted by atomic mass is 10.0. The first-order valence-electron chi connectivity index (χ1n) is 14.2. The largest absolute Gasteiger partial charge is 0.497 e. The SMILES string of the molecule is CCN(CC)CCOC(=O)c1nccnc1C(C)N(Cc1ccc(OC)cc1OC)C(=O)c1cc(C(F)(F)F)cc(C(F)(F)F)c1. The van der Waals surface area contributed by atoms with Crippen LogP contribution in [0, 0.1) is 0 Å². The Morgan fingerprint density at radius 2 is 1.48 bits per heavy atom. The number of hydrogen-bond donors (Lipinski definition) is 0. The molecule has 1 aromatic heterocycles. The van der Waals surface area contributed by atoms with Gasteiger partial charge in [0.1, 0.15) is 18.1 Å². The third-order valence-electron chi connectivity index (χ3n) is 7.25. The molecule has 15 heteroatoms. The van der Waals surface area contributed by atoms with Crippen LogP contribution in [0.4, 0.5) is 26.3 Å². The van der Waals surface area contributed by atoms with Gasteiger partial charge in [0.05, 0.1) is 43.6 Å². The molecule has 0 N–H and O–H groups in total. The Labute approximate surface area is 262 Å². The summed E-state index contributed by atoms with van der Waals surface area (Å²) in [4.78, 5) is 38.4. The molecule has 0 spiro atoms. The molecule has 0 aliphatic rings. The van der Waals surface area contributed by atoms with Crippen LogP contribution in [-0.4, -0.2) is 72.1 Å². The molecular weight excluding hydrogens is 622 g/mol. The van der Waals surface area contributed by atoms with Crippen LogP contribution in [0.5, 0.6) is 11.5 Å². The van der Waals surface area contributed by atoms with E-state index < -0.39 is 47.0 Å². The van der Waals surface area contributed by atoms with Gasteiger partial charge in [0.2, 0.25) is 0 Å². The Morgan fingerprint density at radius 1 is 0.870 bits per heavy atom. The number of hydrogen-bond acceptors (Lipinski definition) is 8. The fourth-order valence-corrected chi connectivity index (χ4v) is 4.63. The van der Waals surface area contributed by atoms with Gasteiger partial charge in [-0.05, 0) is 50.3 Å². The molecule has 46 heavy (non-hydrogen) atoms. The van der Waals surface area contributed by atoms with Crippen molar-refractivity contribution < 1.29 is 50.1 Å². The maximum absolute atomic E-state index is 14.0. The van der Waals surface area contributed by atoms with E-state index in [2.05, 4.69) is 9.97 Å². The Kier molecular flexibility index (Phi) is 12.0. The van der Waals surface area contributed by atoms with Gasteiger partial charge < -0.3 is 24.0 Å². The van der Waals surface area contributed by atoms with Crippen molar-refractivity contribution in [3.63, 3.8) is 0 Å². The number of benzene rings is 2. The third kappa shape index (κ3) is 8.86. The summed E-state index contributed by atoms with van der Waals surface area (Å²) in [6, 6.07) is 3.99. The number of halogens is 6. The average molecular weight is 657 g/mol. The van der Waals surface area contributed by atoms with Crippen LogP contribution >= 0.6 is 0 Å². The number of likely N-dealkylation sites (N-methyl/N-ethyl adjacent to an activating group) is 1. The predicted molar refractivity (Wildman–Crippen MR) is 154 cm³/mol. The van der Waals surface area contributed by atoms with Gasteiger partial charge in [0.25, 0.3) is 5.91 Å². The van der Waals surface area contributed by atoms with Crippen molar-refractivity contribution >= 4 is 11.9 Å². The Balaban J connectivity index is 2.13. The highest BCUT2D eigenvalue weighted by molar-refractivity contribution is 5.95. The number of nitrogens with zero attached hydrogens (tertiary/aromatic N) is 4. The Hall–Kier alpha value is -4.40. The van der Waals surface area contributed by atoms with E-state index in [-0.39, 0.29) is 36.4 Å². The second-order valence-corrected chi connectivity index (χ2v) is 10.0. The second kappa shape index (κ2) is 15.3. The lowest BCUT2D eigenvalue weighted by Gasteiger charge is -2.31. The highest BCUT2D eigenvalue weighted by atomic mass is 19.4. The number of aromatic nitrogens is 2. The summed E-state index contributed by atoms with van der Waals surface area (Å²) in [5.74, 6) is -1.45. The van der Waals surface area contributed by atoms with Crippen molar-refractivity contribution in [3.05, 3.63) is 82.4 Å². The quantitative estimate of drug-likeness (QED) is 0.154. The van der Waals surface area contributed by atoms with Gasteiger partial charge in [-0.3, -0.25) is 9.78 Å². The van der Waals surface area contributed by atoms with Crippen molar-refractivity contribution in [3.8, 4) is 11.5 Å². The van der Waals surface area contributed by atoms with Crippen molar-refractivity contribution in [2.24, 2.45) is 0 Å². The van der Waals surface area contributed by atoms with Gasteiger partial charge in [0.15, 0.2) is 5.69 Å². The lowest BCUT2D eigenvalue weighted by molar-refractivity contribution is -0.143. The summed E-state index contributed by atoms with van der Waals surface area (Å²) >= 11 is 0. The minimum Gasteiger partial charge on any atom is -0.497 e. The predicted octanol–water partition coefficient (Wildman–Crippen LogP) is 6.43. The number of carbonyl (C=O) groups is 2. The molecule has 3 rings (SSSR count). The summed E-state index contributed by atoms with van der Waals surface area (Å²) in [6.45, 7) is 6.82. The molecule has 1 unspecified atom stereocenters. The second-order valence-electron chi connectivity index (χ2n) is 10.0. The van der Waals surface area contributed by atoms with Gasteiger partial charge in [-0.25, -0.2) is 9.78 Å². The molecule has 0 radical (unpaired) electrons. The highest BCUT2D eigenvalue weighted by Crippen LogP contribution is 2.38. The van der Waals surface area contributed by atoms with Gasteiger partial charge in [-0.15, -0.1) is 0 Å². The van der Waals surface area contributed by atoms with Crippen LogP contribution in [0.25, 0.3) is 0 Å². The first kappa shape index (κ1) is 36.1. The summed E-state index contributed by atoms with van der Waals surface area (Å²) in [6.07, 6.45) is -7.91. The minimum atomic E-state index is -5.18. The summed E-state index contributed by atoms with van der Waals surface area (Å²) < 4.78 is 98.1. The summed E-state index contributed by atoms with van der Waals surface area (Å²) in [7, 11) is 2.75. The molecular formula is C31H34F6N4O5. The van der Waals surface area contributed by atoms with E-state index in [1.54, 1.807) is 0 Å². The van der Waals surface area contributed by atoms with Crippen LogP contribution in [0.1, 0.15) is 70.0 Å². The monoisotopic (exact) mass is 656 g/mol. The van der Waals surface area contributed by atoms with Crippen molar-refractivity contribution in [1.29, 1.82) is 0 Å². The van der Waals surface area contributed by atoms with E-state index in [0.717, 1.165) is 18.0 Å². The maximum Gasteiger partial charge on any atom is 0.416 e. The number of ether oxygens (including phenoxy) is 3. The number of rotatable bonds is 13. The number of esters is 1. The molecule has 1 amide bonds. The zero-order valence-electron chi connectivity index (χ0n) is 25.8. The van der Waals surface area contributed by atoms with Crippen LogP contribution in [0.3, 0.4) is 0 Å². The molecule has 0 saturated heterocycles. The van der Waals surface area contributed by atoms with Gasteiger partial charge in [-0.1, -0.05) is 13.8 Å². The molecule has 1 atom stereocenters. The highest BCUT2D eigenvalue weighted by Gasteiger charge is 2.39. The van der Waals surface area contributed by atoms with Crippen LogP contribution in [0.15, 0.2) is 48.8 Å². The van der Waals surface area contributed by atoms with Gasteiger partial charge in [0, 0.05) is 36.1 Å². The molecule has 1 heterocycles. The number of carbonyl (C=O) groups excluding carboxylic acids is 2. The summed E-state index contributed by atoms with van der Waals surface area (Å²) in [5.41, 5.74) is -4.21. The van der Waals surface area contributed by atoms with E-state index in [0.29, 0.717) is 30.0 Å². The maximum atomic E-state index is 14.0. The topological polar surface area (TPSA) is 94.1 Å². The van der Waals surface area contributed by atoms with Crippen molar-refractivity contribution in [2.45, 2.75) is 45.7 Å². The van der Waals surface area contributed by atoms with E-state index in [4.69, 9.17) is 14.2 Å². The first-order chi connectivity index (χ1) is 21.6. The molecule has 0 aliphatic carbocycles. The summed E-state index contributed by atoms with van der Waals surface area (Å²) in [5, 5.41) is 0. The standard InChI is InChI=1S/C31H34F6N4O5/c1-6-40(7-2)12-13-46-29(43)27-26(38-10-11-39-27)19(3)41(18-20-8-9-24(44-4)17-25(20)45-5)28(42)21-14-22(30(32,33)34)16-23(15-21)31(35,36)37/h8-11,14-17,19H,6-7,12-13,18H2,1-5H3. The number of methoxy groups -OCH3 is 2. The Bertz CT molecular complexity index is 1480. The van der Waals surface area contributed by atoms with Crippen LogP contribution in [-0.2, 0) is 23.6 Å². The number of amides is 1. The third-order valence-corrected chi connectivity index (χ3v) is 7.25. The van der Waals surface area contributed by atoms with E-state index in [1.165, 1.54) is 51.7 Å².